The van der Waals surface area contributed by atoms with Crippen LogP contribution in [0.15, 0.2) is 45.5 Å². The van der Waals surface area contributed by atoms with Gasteiger partial charge in [0.05, 0.1) is 18.1 Å². The zero-order valence-corrected chi connectivity index (χ0v) is 18.5. The van der Waals surface area contributed by atoms with E-state index in [1.54, 1.807) is 30.3 Å². The van der Waals surface area contributed by atoms with Gasteiger partial charge in [0.2, 0.25) is 0 Å². The number of ketones is 1. The molecule has 3 rings (SSSR count). The van der Waals surface area contributed by atoms with E-state index in [1.165, 1.54) is 6.92 Å². The summed E-state index contributed by atoms with van der Waals surface area (Å²) in [6, 6.07) is 10.2. The SMILES string of the molecule is CC(=O)c1cccc(OCC(O)CN(Cc2ccc(Br)o2)C2CCS(=O)(=O)C2)c1. The highest BCUT2D eigenvalue weighted by atomic mass is 79.9. The van der Waals surface area contributed by atoms with Crippen LogP contribution in [0, 0.1) is 0 Å². The zero-order valence-electron chi connectivity index (χ0n) is 16.1. The lowest BCUT2D eigenvalue weighted by molar-refractivity contribution is 0.0496. The van der Waals surface area contributed by atoms with Crippen molar-refractivity contribution in [1.82, 2.24) is 4.90 Å². The van der Waals surface area contributed by atoms with Gasteiger partial charge >= 0.3 is 0 Å². The number of carbonyl (C=O) groups excluding carboxylic acids is 1. The molecule has 0 radical (unpaired) electrons. The van der Waals surface area contributed by atoms with Crippen LogP contribution in [-0.2, 0) is 16.4 Å². The quantitative estimate of drug-likeness (QED) is 0.545. The Morgan fingerprint density at radius 1 is 1.38 bits per heavy atom. The molecule has 158 valence electrons. The summed E-state index contributed by atoms with van der Waals surface area (Å²) in [5, 5.41) is 10.5. The first-order valence-electron chi connectivity index (χ1n) is 9.32. The first kappa shape index (κ1) is 22.0. The Morgan fingerprint density at radius 3 is 2.79 bits per heavy atom. The van der Waals surface area contributed by atoms with Gasteiger partial charge in [-0.1, -0.05) is 12.1 Å². The Bertz CT molecular complexity index is 957. The van der Waals surface area contributed by atoms with Gasteiger partial charge in [-0.3, -0.25) is 9.69 Å². The lowest BCUT2D eigenvalue weighted by Gasteiger charge is -2.29. The summed E-state index contributed by atoms with van der Waals surface area (Å²) in [5.41, 5.74) is 0.540. The van der Waals surface area contributed by atoms with E-state index in [0.29, 0.717) is 34.7 Å². The van der Waals surface area contributed by atoms with Crippen LogP contribution in [-0.4, -0.2) is 61.0 Å². The lowest BCUT2D eigenvalue weighted by atomic mass is 10.1. The summed E-state index contributed by atoms with van der Waals surface area (Å²) in [5.74, 6) is 1.35. The second kappa shape index (κ2) is 9.42. The molecule has 1 aliphatic rings. The van der Waals surface area contributed by atoms with Gasteiger partial charge in [0.15, 0.2) is 20.3 Å². The molecule has 9 heteroatoms. The van der Waals surface area contributed by atoms with Crippen molar-refractivity contribution in [2.75, 3.05) is 24.7 Å². The van der Waals surface area contributed by atoms with Crippen molar-refractivity contribution in [1.29, 1.82) is 0 Å². The van der Waals surface area contributed by atoms with E-state index in [4.69, 9.17) is 9.15 Å². The van der Waals surface area contributed by atoms with Gasteiger partial charge in [0, 0.05) is 18.2 Å². The molecule has 29 heavy (non-hydrogen) atoms. The number of aliphatic hydroxyl groups excluding tert-OH is 1. The number of Topliss-reactive ketones (excluding diaryl/α,β-unsaturated/α-hetero) is 1. The van der Waals surface area contributed by atoms with Crippen LogP contribution in [0.1, 0.15) is 29.5 Å². The molecule has 0 spiro atoms. The standard InChI is InChI=1S/C20H24BrNO6S/c1-14(23)15-3-2-4-18(9-15)27-12-17(24)10-22(11-19-5-6-20(21)28-19)16-7-8-29(25,26)13-16/h2-6,9,16-17,24H,7-8,10-13H2,1H3. The lowest BCUT2D eigenvalue weighted by Crippen LogP contribution is -2.42. The van der Waals surface area contributed by atoms with E-state index in [0.717, 1.165) is 0 Å². The van der Waals surface area contributed by atoms with Crippen LogP contribution >= 0.6 is 15.9 Å². The molecule has 1 fully saturated rings. The van der Waals surface area contributed by atoms with Crippen molar-refractivity contribution in [2.24, 2.45) is 0 Å². The molecule has 1 saturated heterocycles. The summed E-state index contributed by atoms with van der Waals surface area (Å²) >= 11 is 3.27. The van der Waals surface area contributed by atoms with Crippen LogP contribution in [0.5, 0.6) is 5.75 Å². The number of sulfone groups is 1. The molecule has 7 nitrogen and oxygen atoms in total. The maximum Gasteiger partial charge on any atom is 0.169 e. The predicted molar refractivity (Wildman–Crippen MR) is 112 cm³/mol. The van der Waals surface area contributed by atoms with Crippen molar-refractivity contribution in [2.45, 2.75) is 32.0 Å². The molecule has 1 aliphatic heterocycles. The van der Waals surface area contributed by atoms with Crippen molar-refractivity contribution in [3.05, 3.63) is 52.4 Å². The van der Waals surface area contributed by atoms with Gasteiger partial charge in [0.25, 0.3) is 0 Å². The van der Waals surface area contributed by atoms with Gasteiger partial charge in [-0.25, -0.2) is 8.42 Å². The monoisotopic (exact) mass is 485 g/mol. The van der Waals surface area contributed by atoms with E-state index in [9.17, 15) is 18.3 Å². The molecule has 0 bridgehead atoms. The Labute approximate surface area is 178 Å². The average Bonchev–Trinajstić information content (AvgIpc) is 3.24. The van der Waals surface area contributed by atoms with Crippen LogP contribution < -0.4 is 4.74 Å². The topological polar surface area (TPSA) is 97.1 Å². The van der Waals surface area contributed by atoms with Crippen molar-refractivity contribution in [3.63, 3.8) is 0 Å². The molecule has 2 aromatic rings. The van der Waals surface area contributed by atoms with E-state index in [2.05, 4.69) is 15.9 Å². The Kier molecular flexibility index (Phi) is 7.15. The number of ether oxygens (including phenoxy) is 1. The van der Waals surface area contributed by atoms with Crippen LogP contribution in [0.25, 0.3) is 0 Å². The summed E-state index contributed by atoms with van der Waals surface area (Å²) in [7, 11) is -3.06. The fourth-order valence-electron chi connectivity index (χ4n) is 3.36. The number of rotatable bonds is 9. The van der Waals surface area contributed by atoms with Crippen molar-refractivity contribution < 1.29 is 27.5 Å². The van der Waals surface area contributed by atoms with E-state index in [1.807, 2.05) is 11.0 Å². The molecule has 0 aliphatic carbocycles. The van der Waals surface area contributed by atoms with Gasteiger partial charge in [-0.05, 0) is 53.5 Å². The van der Waals surface area contributed by atoms with Crippen molar-refractivity contribution in [3.8, 4) is 5.75 Å². The van der Waals surface area contributed by atoms with Gasteiger partial charge < -0.3 is 14.3 Å². The maximum atomic E-state index is 11.9. The molecular weight excluding hydrogens is 462 g/mol. The number of benzene rings is 1. The molecule has 1 aromatic heterocycles. The molecule has 1 aromatic carbocycles. The van der Waals surface area contributed by atoms with Crippen LogP contribution in [0.2, 0.25) is 0 Å². The Hall–Kier alpha value is -1.68. The molecule has 0 amide bonds. The van der Waals surface area contributed by atoms with E-state index < -0.39 is 15.9 Å². The number of hydrogen-bond donors (Lipinski definition) is 1. The summed E-state index contributed by atoms with van der Waals surface area (Å²) in [6.07, 6.45) is -0.309. The minimum Gasteiger partial charge on any atom is -0.491 e. The Balaban J connectivity index is 1.63. The third-order valence-electron chi connectivity index (χ3n) is 4.84. The van der Waals surface area contributed by atoms with E-state index in [-0.39, 0.29) is 36.5 Å². The predicted octanol–water partition coefficient (Wildman–Crippen LogP) is 2.67. The summed E-state index contributed by atoms with van der Waals surface area (Å²) < 4.78 is 35.6. The Morgan fingerprint density at radius 2 is 2.17 bits per heavy atom. The van der Waals surface area contributed by atoms with Gasteiger partial charge in [-0.2, -0.15) is 0 Å². The van der Waals surface area contributed by atoms with Crippen LogP contribution in [0.4, 0.5) is 0 Å². The molecular formula is C20H24BrNO6S. The van der Waals surface area contributed by atoms with Gasteiger partial charge in [-0.15, -0.1) is 0 Å². The fraction of sp³-hybridized carbons (Fsp3) is 0.450. The second-order valence-corrected chi connectivity index (χ2v) is 10.3. The van der Waals surface area contributed by atoms with Gasteiger partial charge in [0.1, 0.15) is 24.2 Å². The second-order valence-electron chi connectivity index (χ2n) is 7.24. The number of carbonyl (C=O) groups is 1. The molecule has 2 heterocycles. The zero-order chi connectivity index (χ0) is 21.0. The first-order chi connectivity index (χ1) is 13.7. The van der Waals surface area contributed by atoms with Crippen LogP contribution in [0.3, 0.4) is 0 Å². The van der Waals surface area contributed by atoms with Crippen molar-refractivity contribution >= 4 is 31.6 Å². The maximum absolute atomic E-state index is 11.9. The third-order valence-corrected chi connectivity index (χ3v) is 7.02. The molecule has 1 N–H and O–H groups in total. The largest absolute Gasteiger partial charge is 0.491 e. The summed E-state index contributed by atoms with van der Waals surface area (Å²) in [4.78, 5) is 13.4. The molecule has 0 saturated carbocycles. The normalized spacial score (nSPS) is 19.4. The highest BCUT2D eigenvalue weighted by Gasteiger charge is 2.33. The summed E-state index contributed by atoms with van der Waals surface area (Å²) in [6.45, 7) is 2.14. The highest BCUT2D eigenvalue weighted by Crippen LogP contribution is 2.23. The number of hydrogen-bond acceptors (Lipinski definition) is 7. The minimum atomic E-state index is -3.06. The fourth-order valence-corrected chi connectivity index (χ4v) is 5.47. The highest BCUT2D eigenvalue weighted by molar-refractivity contribution is 9.10. The third kappa shape index (κ3) is 6.40. The average molecular weight is 486 g/mol. The number of furan rings is 1. The number of halogens is 1. The smallest absolute Gasteiger partial charge is 0.169 e. The first-order valence-corrected chi connectivity index (χ1v) is 11.9. The van der Waals surface area contributed by atoms with E-state index >= 15 is 0 Å². The molecule has 2 atom stereocenters. The molecule has 2 unspecified atom stereocenters. The number of nitrogens with zero attached hydrogens (tertiary/aromatic N) is 1. The number of aliphatic hydroxyl groups is 1. The minimum absolute atomic E-state index is 0.0270.